The molecule has 1 aliphatic rings. The Morgan fingerprint density at radius 3 is 1.71 bits per heavy atom. The van der Waals surface area contributed by atoms with Crippen LogP contribution in [0.2, 0.25) is 0 Å². The Balaban J connectivity index is 2.15. The zero-order valence-corrected chi connectivity index (χ0v) is 13.8. The summed E-state index contributed by atoms with van der Waals surface area (Å²) in [5.74, 6) is 0.00679. The van der Waals surface area contributed by atoms with Gasteiger partial charge in [-0.05, 0) is 38.5 Å². The second-order valence-corrected chi connectivity index (χ2v) is 6.26. The molecule has 0 N–H and O–H groups in total. The molecule has 1 heterocycles. The van der Waals surface area contributed by atoms with Crippen LogP contribution in [0.3, 0.4) is 0 Å². The summed E-state index contributed by atoms with van der Waals surface area (Å²) in [5.41, 5.74) is 0. The van der Waals surface area contributed by atoms with E-state index < -0.39 is 0 Å². The minimum atomic E-state index is 0.00679. The molecule has 0 aliphatic carbocycles. The van der Waals surface area contributed by atoms with Crippen molar-refractivity contribution in [2.75, 3.05) is 6.61 Å². The van der Waals surface area contributed by atoms with E-state index in [1.54, 1.807) is 0 Å². The van der Waals surface area contributed by atoms with Crippen LogP contribution in [0.15, 0.2) is 12.2 Å². The molecule has 0 saturated carbocycles. The van der Waals surface area contributed by atoms with Gasteiger partial charge in [0.2, 0.25) is 0 Å². The van der Waals surface area contributed by atoms with Crippen LogP contribution in [0.5, 0.6) is 0 Å². The van der Waals surface area contributed by atoms with Gasteiger partial charge in [0.05, 0.1) is 6.61 Å². The lowest BCUT2D eigenvalue weighted by atomic mass is 10.1. The molecule has 0 aromatic rings. The molecular formula is C19H34O2. The Bertz CT molecular complexity index is 271. The smallest absolute Gasteiger partial charge is 0.305 e. The second kappa shape index (κ2) is 14.2. The van der Waals surface area contributed by atoms with Crippen molar-refractivity contribution in [2.24, 2.45) is 0 Å². The molecule has 0 aromatic heterocycles. The SMILES string of the molecule is O=C1CCCCCCCC=CCCCCCCCCCO1. The van der Waals surface area contributed by atoms with E-state index >= 15 is 0 Å². The van der Waals surface area contributed by atoms with Crippen LogP contribution in [-0.2, 0) is 9.53 Å². The van der Waals surface area contributed by atoms with Gasteiger partial charge in [0.15, 0.2) is 0 Å². The van der Waals surface area contributed by atoms with Crippen molar-refractivity contribution in [2.45, 2.75) is 96.3 Å². The van der Waals surface area contributed by atoms with Gasteiger partial charge >= 0.3 is 5.97 Å². The number of hydrogen-bond acceptors (Lipinski definition) is 2. The van der Waals surface area contributed by atoms with Crippen LogP contribution >= 0.6 is 0 Å². The van der Waals surface area contributed by atoms with Crippen LogP contribution in [0.1, 0.15) is 96.3 Å². The van der Waals surface area contributed by atoms with Crippen LogP contribution in [0.4, 0.5) is 0 Å². The number of esters is 1. The Kier molecular flexibility index (Phi) is 12.3. The summed E-state index contributed by atoms with van der Waals surface area (Å²) in [6, 6.07) is 0. The topological polar surface area (TPSA) is 26.3 Å². The molecule has 122 valence electrons. The van der Waals surface area contributed by atoms with Crippen LogP contribution in [-0.4, -0.2) is 12.6 Å². The number of ether oxygens (including phenoxy) is 1. The molecule has 0 radical (unpaired) electrons. The summed E-state index contributed by atoms with van der Waals surface area (Å²) in [6.45, 7) is 0.629. The first-order valence-corrected chi connectivity index (χ1v) is 9.20. The zero-order chi connectivity index (χ0) is 15.0. The van der Waals surface area contributed by atoms with Crippen LogP contribution < -0.4 is 0 Å². The quantitative estimate of drug-likeness (QED) is 0.407. The third kappa shape index (κ3) is 12.6. The molecule has 0 spiro atoms. The van der Waals surface area contributed by atoms with E-state index in [1.165, 1.54) is 77.0 Å². The molecule has 0 aromatic carbocycles. The Labute approximate surface area is 131 Å². The van der Waals surface area contributed by atoms with E-state index in [0.29, 0.717) is 13.0 Å². The summed E-state index contributed by atoms with van der Waals surface area (Å²) in [6.07, 6.45) is 22.7. The first-order valence-electron chi connectivity index (χ1n) is 9.20. The molecule has 0 bridgehead atoms. The zero-order valence-electron chi connectivity index (χ0n) is 13.8. The van der Waals surface area contributed by atoms with Crippen LogP contribution in [0.25, 0.3) is 0 Å². The predicted molar refractivity (Wildman–Crippen MR) is 89.4 cm³/mol. The number of hydrogen-bond donors (Lipinski definition) is 0. The summed E-state index contributed by atoms with van der Waals surface area (Å²) in [4.78, 5) is 11.5. The predicted octanol–water partition coefficient (Wildman–Crippen LogP) is 5.95. The molecule has 0 fully saturated rings. The highest BCUT2D eigenvalue weighted by atomic mass is 16.5. The second-order valence-electron chi connectivity index (χ2n) is 6.26. The van der Waals surface area contributed by atoms with E-state index in [-0.39, 0.29) is 5.97 Å². The molecule has 1 rings (SSSR count). The average molecular weight is 294 g/mol. The summed E-state index contributed by atoms with van der Waals surface area (Å²) in [5, 5.41) is 0. The van der Waals surface area contributed by atoms with Gasteiger partial charge in [0.1, 0.15) is 0 Å². The van der Waals surface area contributed by atoms with Crippen LogP contribution in [0, 0.1) is 0 Å². The van der Waals surface area contributed by atoms with Crippen molar-refractivity contribution in [3.63, 3.8) is 0 Å². The number of cyclic esters (lactones) is 1. The standard InChI is InChI=1S/C19H34O2/c20-19-17-15-13-11-9-7-5-3-1-2-4-6-8-10-12-14-16-18-21-19/h1,3H,2,4-18H2. The largest absolute Gasteiger partial charge is 0.466 e. The van der Waals surface area contributed by atoms with Crippen molar-refractivity contribution in [3.05, 3.63) is 12.2 Å². The number of carbonyl (C=O) groups excluding carboxylic acids is 1. The van der Waals surface area contributed by atoms with Crippen molar-refractivity contribution in [1.82, 2.24) is 0 Å². The fraction of sp³-hybridized carbons (Fsp3) is 0.842. The molecule has 0 amide bonds. The minimum Gasteiger partial charge on any atom is -0.466 e. The molecule has 2 nitrogen and oxygen atoms in total. The van der Waals surface area contributed by atoms with Gasteiger partial charge in [-0.25, -0.2) is 0 Å². The van der Waals surface area contributed by atoms with Gasteiger partial charge in [-0.2, -0.15) is 0 Å². The third-order valence-corrected chi connectivity index (χ3v) is 4.20. The maximum Gasteiger partial charge on any atom is 0.305 e. The van der Waals surface area contributed by atoms with E-state index in [2.05, 4.69) is 12.2 Å². The maximum absolute atomic E-state index is 11.5. The summed E-state index contributed by atoms with van der Waals surface area (Å²) < 4.78 is 5.28. The van der Waals surface area contributed by atoms with E-state index in [4.69, 9.17) is 4.74 Å². The van der Waals surface area contributed by atoms with E-state index in [1.807, 2.05) is 0 Å². The van der Waals surface area contributed by atoms with Gasteiger partial charge in [0.25, 0.3) is 0 Å². The fourth-order valence-electron chi connectivity index (χ4n) is 2.80. The highest BCUT2D eigenvalue weighted by Crippen LogP contribution is 2.11. The Hall–Kier alpha value is -0.790. The lowest BCUT2D eigenvalue weighted by molar-refractivity contribution is -0.143. The van der Waals surface area contributed by atoms with Gasteiger partial charge in [-0.1, -0.05) is 63.5 Å². The lowest BCUT2D eigenvalue weighted by Gasteiger charge is -2.05. The molecule has 0 unspecified atom stereocenters. The van der Waals surface area contributed by atoms with Gasteiger partial charge in [-0.3, -0.25) is 4.79 Å². The molecule has 1 aliphatic heterocycles. The molecule has 0 atom stereocenters. The first kappa shape index (κ1) is 18.3. The fourth-order valence-corrected chi connectivity index (χ4v) is 2.80. The summed E-state index contributed by atoms with van der Waals surface area (Å²) in [7, 11) is 0. The normalized spacial score (nSPS) is 22.4. The summed E-state index contributed by atoms with van der Waals surface area (Å²) >= 11 is 0. The van der Waals surface area contributed by atoms with Crippen molar-refractivity contribution in [3.8, 4) is 0 Å². The van der Waals surface area contributed by atoms with Crippen molar-refractivity contribution >= 4 is 5.97 Å². The molecule has 2 heteroatoms. The third-order valence-electron chi connectivity index (χ3n) is 4.20. The van der Waals surface area contributed by atoms with Gasteiger partial charge in [-0.15, -0.1) is 0 Å². The maximum atomic E-state index is 11.5. The monoisotopic (exact) mass is 294 g/mol. The van der Waals surface area contributed by atoms with Crippen molar-refractivity contribution < 1.29 is 9.53 Å². The Morgan fingerprint density at radius 2 is 1.10 bits per heavy atom. The average Bonchev–Trinajstić information content (AvgIpc) is 2.48. The molecule has 21 heavy (non-hydrogen) atoms. The number of carbonyl (C=O) groups is 1. The first-order chi connectivity index (χ1) is 10.4. The lowest BCUT2D eigenvalue weighted by Crippen LogP contribution is -2.05. The number of allylic oxidation sites excluding steroid dienone is 2. The minimum absolute atomic E-state index is 0.00679. The molecular weight excluding hydrogens is 260 g/mol. The highest BCUT2D eigenvalue weighted by Gasteiger charge is 2.02. The van der Waals surface area contributed by atoms with Gasteiger partial charge < -0.3 is 4.74 Å². The van der Waals surface area contributed by atoms with Gasteiger partial charge in [0, 0.05) is 6.42 Å². The molecule has 0 saturated heterocycles. The van der Waals surface area contributed by atoms with E-state index in [9.17, 15) is 4.79 Å². The Morgan fingerprint density at radius 1 is 0.619 bits per heavy atom. The highest BCUT2D eigenvalue weighted by molar-refractivity contribution is 5.69. The van der Waals surface area contributed by atoms with E-state index in [0.717, 1.165) is 12.8 Å². The van der Waals surface area contributed by atoms with Crippen molar-refractivity contribution in [1.29, 1.82) is 0 Å². The number of rotatable bonds is 0.